The molecule has 0 atom stereocenters. The van der Waals surface area contributed by atoms with E-state index in [1.165, 1.54) is 18.9 Å². The van der Waals surface area contributed by atoms with Gasteiger partial charge in [0.2, 0.25) is 10.3 Å². The highest BCUT2D eigenvalue weighted by molar-refractivity contribution is 7.98. The molecule has 0 aliphatic heterocycles. The zero-order valence-electron chi connectivity index (χ0n) is 9.92. The number of amides is 1. The third-order valence-corrected chi connectivity index (χ3v) is 4.13. The van der Waals surface area contributed by atoms with Gasteiger partial charge in [-0.25, -0.2) is 4.79 Å². The first-order valence-electron chi connectivity index (χ1n) is 5.24. The Kier molecular flexibility index (Phi) is 5.00. The number of hydrogen-bond donors (Lipinski definition) is 1. The molecule has 8 heteroatoms. The van der Waals surface area contributed by atoms with E-state index in [2.05, 4.69) is 19.4 Å². The number of methoxy groups -OCH3 is 1. The van der Waals surface area contributed by atoms with E-state index in [0.29, 0.717) is 16.0 Å². The van der Waals surface area contributed by atoms with Crippen LogP contribution in [0.2, 0.25) is 5.02 Å². The molecule has 19 heavy (non-hydrogen) atoms. The number of ether oxygens (including phenoxy) is 1. The fourth-order valence-corrected chi connectivity index (χ4v) is 3.03. The summed E-state index contributed by atoms with van der Waals surface area (Å²) in [5.41, 5.74) is 1.02. The maximum absolute atomic E-state index is 11.0. The van der Waals surface area contributed by atoms with E-state index in [1.54, 1.807) is 0 Å². The molecule has 0 radical (unpaired) electrons. The number of hydrogen-bond acceptors (Lipinski definition) is 6. The van der Waals surface area contributed by atoms with E-state index in [4.69, 9.17) is 11.6 Å². The van der Waals surface area contributed by atoms with Crippen molar-refractivity contribution in [2.24, 2.45) is 0 Å². The van der Waals surface area contributed by atoms with Crippen molar-refractivity contribution < 1.29 is 9.53 Å². The maximum Gasteiger partial charge on any atom is 0.413 e. The average molecular weight is 316 g/mol. The summed E-state index contributed by atoms with van der Waals surface area (Å²) in [5.74, 6) is 0.675. The molecule has 1 heterocycles. The summed E-state index contributed by atoms with van der Waals surface area (Å²) in [4.78, 5) is 15.2. The van der Waals surface area contributed by atoms with E-state index in [-0.39, 0.29) is 0 Å². The van der Waals surface area contributed by atoms with Crippen LogP contribution in [-0.4, -0.2) is 22.6 Å². The first kappa shape index (κ1) is 14.1. The lowest BCUT2D eigenvalue weighted by Gasteiger charge is -2.00. The van der Waals surface area contributed by atoms with Crippen LogP contribution in [0.3, 0.4) is 0 Å². The van der Waals surface area contributed by atoms with Crippen LogP contribution in [0.25, 0.3) is 0 Å². The third kappa shape index (κ3) is 4.09. The second-order valence-electron chi connectivity index (χ2n) is 3.38. The van der Waals surface area contributed by atoms with Crippen LogP contribution in [-0.2, 0) is 10.5 Å². The number of thioether (sulfide) groups is 1. The van der Waals surface area contributed by atoms with Crippen molar-refractivity contribution in [1.82, 2.24) is 9.36 Å². The van der Waals surface area contributed by atoms with Crippen molar-refractivity contribution in [1.29, 1.82) is 0 Å². The molecule has 0 unspecified atom stereocenters. The lowest BCUT2D eigenvalue weighted by atomic mass is 10.2. The van der Waals surface area contributed by atoms with Gasteiger partial charge >= 0.3 is 6.09 Å². The first-order valence-corrected chi connectivity index (χ1v) is 7.37. The molecule has 1 aromatic carbocycles. The summed E-state index contributed by atoms with van der Waals surface area (Å²) in [7, 11) is 1.30. The fourth-order valence-electron chi connectivity index (χ4n) is 1.22. The van der Waals surface area contributed by atoms with Crippen LogP contribution in [0.15, 0.2) is 29.4 Å². The Morgan fingerprint density at radius 1 is 1.53 bits per heavy atom. The Balaban J connectivity index is 1.94. The number of halogens is 1. The molecule has 0 fully saturated rings. The highest BCUT2D eigenvalue weighted by atomic mass is 35.5. The van der Waals surface area contributed by atoms with Gasteiger partial charge in [-0.05, 0) is 11.6 Å². The number of aromatic nitrogens is 2. The van der Waals surface area contributed by atoms with Crippen molar-refractivity contribution >= 4 is 46.1 Å². The van der Waals surface area contributed by atoms with Crippen molar-refractivity contribution in [3.63, 3.8) is 0 Å². The Morgan fingerprint density at radius 2 is 2.32 bits per heavy atom. The highest BCUT2D eigenvalue weighted by Crippen LogP contribution is 2.26. The molecular formula is C11H10ClN3O2S2. The number of anilines is 1. The van der Waals surface area contributed by atoms with Crippen molar-refractivity contribution in [2.75, 3.05) is 12.4 Å². The standard InChI is InChI=1S/C11H10ClN3O2S2/c1-17-11(16)14-9-13-10(15-19-9)18-6-7-4-2-3-5-8(7)12/h2-5H,6H2,1H3,(H,13,14,15,16). The minimum atomic E-state index is -0.557. The van der Waals surface area contributed by atoms with Gasteiger partial charge in [0, 0.05) is 22.3 Å². The lowest BCUT2D eigenvalue weighted by Crippen LogP contribution is -2.10. The van der Waals surface area contributed by atoms with Gasteiger partial charge in [0.25, 0.3) is 0 Å². The van der Waals surface area contributed by atoms with Gasteiger partial charge in [-0.2, -0.15) is 9.36 Å². The summed E-state index contributed by atoms with van der Waals surface area (Å²) in [6.45, 7) is 0. The van der Waals surface area contributed by atoms with E-state index in [9.17, 15) is 4.79 Å². The molecular weight excluding hydrogens is 306 g/mol. The minimum Gasteiger partial charge on any atom is -0.453 e. The van der Waals surface area contributed by atoms with Crippen LogP contribution in [0, 0.1) is 0 Å². The normalized spacial score (nSPS) is 10.2. The van der Waals surface area contributed by atoms with Crippen LogP contribution >= 0.6 is 34.9 Å². The molecule has 0 spiro atoms. The van der Waals surface area contributed by atoms with E-state index < -0.39 is 6.09 Å². The topological polar surface area (TPSA) is 64.1 Å². The van der Waals surface area contributed by atoms with Crippen LogP contribution in [0.4, 0.5) is 9.93 Å². The molecule has 5 nitrogen and oxygen atoms in total. The van der Waals surface area contributed by atoms with Gasteiger partial charge < -0.3 is 4.74 Å². The molecule has 0 aliphatic carbocycles. The monoisotopic (exact) mass is 315 g/mol. The van der Waals surface area contributed by atoms with Gasteiger partial charge in [-0.3, -0.25) is 5.32 Å². The van der Waals surface area contributed by atoms with Gasteiger partial charge in [-0.1, -0.05) is 41.6 Å². The molecule has 0 saturated heterocycles. The quantitative estimate of drug-likeness (QED) is 0.872. The molecule has 1 N–H and O–H groups in total. The van der Waals surface area contributed by atoms with E-state index in [0.717, 1.165) is 22.1 Å². The van der Waals surface area contributed by atoms with Gasteiger partial charge in [0.1, 0.15) is 0 Å². The Labute approximate surface area is 123 Å². The third-order valence-electron chi connectivity index (χ3n) is 2.12. The molecule has 2 rings (SSSR count). The predicted molar refractivity (Wildman–Crippen MR) is 76.9 cm³/mol. The number of nitrogens with zero attached hydrogens (tertiary/aromatic N) is 2. The molecule has 0 aliphatic rings. The summed E-state index contributed by atoms with van der Waals surface area (Å²) < 4.78 is 8.60. The Bertz CT molecular complexity index is 577. The van der Waals surface area contributed by atoms with E-state index in [1.807, 2.05) is 24.3 Å². The molecule has 1 aromatic heterocycles. The predicted octanol–water partition coefficient (Wildman–Crippen LogP) is 3.66. The number of benzene rings is 1. The summed E-state index contributed by atoms with van der Waals surface area (Å²) >= 11 is 8.62. The summed E-state index contributed by atoms with van der Waals surface area (Å²) in [6.07, 6.45) is -0.557. The van der Waals surface area contributed by atoms with Gasteiger partial charge in [0.05, 0.1) is 7.11 Å². The van der Waals surface area contributed by atoms with Crippen molar-refractivity contribution in [2.45, 2.75) is 10.9 Å². The summed E-state index contributed by atoms with van der Waals surface area (Å²) in [6, 6.07) is 7.61. The SMILES string of the molecule is COC(=O)Nc1nc(SCc2ccccc2Cl)ns1. The second kappa shape index (κ2) is 6.74. The largest absolute Gasteiger partial charge is 0.453 e. The second-order valence-corrected chi connectivity index (χ2v) is 5.48. The highest BCUT2D eigenvalue weighted by Gasteiger charge is 2.09. The van der Waals surface area contributed by atoms with Gasteiger partial charge in [0.15, 0.2) is 0 Å². The summed E-state index contributed by atoms with van der Waals surface area (Å²) in [5, 5.41) is 4.19. The number of nitrogens with one attached hydrogen (secondary N) is 1. The van der Waals surface area contributed by atoms with Crippen LogP contribution in [0.1, 0.15) is 5.56 Å². The Hall–Kier alpha value is -1.31. The van der Waals surface area contributed by atoms with Crippen LogP contribution < -0.4 is 5.32 Å². The zero-order valence-corrected chi connectivity index (χ0v) is 12.3. The number of carbonyl (C=O) groups is 1. The van der Waals surface area contributed by atoms with Crippen molar-refractivity contribution in [3.05, 3.63) is 34.9 Å². The molecule has 100 valence electrons. The van der Waals surface area contributed by atoms with Crippen molar-refractivity contribution in [3.8, 4) is 0 Å². The minimum absolute atomic E-state index is 0.411. The van der Waals surface area contributed by atoms with E-state index >= 15 is 0 Å². The number of carbonyl (C=O) groups excluding carboxylic acids is 1. The average Bonchev–Trinajstić information content (AvgIpc) is 2.85. The Morgan fingerprint density at radius 3 is 3.05 bits per heavy atom. The smallest absolute Gasteiger partial charge is 0.413 e. The van der Waals surface area contributed by atoms with Crippen LogP contribution in [0.5, 0.6) is 0 Å². The molecule has 1 amide bonds. The lowest BCUT2D eigenvalue weighted by molar-refractivity contribution is 0.187. The van der Waals surface area contributed by atoms with Gasteiger partial charge in [-0.15, -0.1) is 0 Å². The first-order chi connectivity index (χ1) is 9.19. The molecule has 0 bridgehead atoms. The fraction of sp³-hybridized carbons (Fsp3) is 0.182. The molecule has 2 aromatic rings. The molecule has 0 saturated carbocycles. The maximum atomic E-state index is 11.0. The zero-order chi connectivity index (χ0) is 13.7. The number of rotatable bonds is 4.